The van der Waals surface area contributed by atoms with Crippen molar-refractivity contribution in [3.05, 3.63) is 113 Å². The van der Waals surface area contributed by atoms with Gasteiger partial charge in [-0.1, -0.05) is 74.5 Å². The van der Waals surface area contributed by atoms with Crippen LogP contribution in [0.15, 0.2) is 95.4 Å². The molecule has 168 valence electrons. The molecule has 0 fully saturated rings. The van der Waals surface area contributed by atoms with E-state index in [0.29, 0.717) is 11.4 Å². The van der Waals surface area contributed by atoms with Gasteiger partial charge in [0.25, 0.3) is 0 Å². The molecule has 0 saturated heterocycles. The summed E-state index contributed by atoms with van der Waals surface area (Å²) in [5.74, 6) is -0.0248. The second-order valence-corrected chi connectivity index (χ2v) is 9.67. The Morgan fingerprint density at radius 1 is 0.912 bits per heavy atom. The largest absolute Gasteiger partial charge is 0.346 e. The van der Waals surface area contributed by atoms with Crippen LogP contribution in [0.1, 0.15) is 36.1 Å². The third-order valence-electron chi connectivity index (χ3n) is 7.39. The molecule has 3 aliphatic rings. The van der Waals surface area contributed by atoms with Crippen molar-refractivity contribution in [3.8, 4) is 0 Å². The van der Waals surface area contributed by atoms with Gasteiger partial charge in [-0.3, -0.25) is 9.79 Å². The highest BCUT2D eigenvalue weighted by Gasteiger charge is 2.38. The molecule has 34 heavy (non-hydrogen) atoms. The Bertz CT molecular complexity index is 1430. The number of ketones is 1. The fourth-order valence-corrected chi connectivity index (χ4v) is 5.57. The molecule has 0 unspecified atom stereocenters. The quantitative estimate of drug-likeness (QED) is 0.505. The average molecular weight is 446 g/mol. The molecule has 4 nitrogen and oxygen atoms in total. The minimum Gasteiger partial charge on any atom is -0.346 e. The van der Waals surface area contributed by atoms with Crippen LogP contribution >= 0.6 is 0 Å². The van der Waals surface area contributed by atoms with Gasteiger partial charge < -0.3 is 9.80 Å². The van der Waals surface area contributed by atoms with Crippen molar-refractivity contribution < 1.29 is 4.79 Å². The van der Waals surface area contributed by atoms with Crippen LogP contribution in [0.3, 0.4) is 0 Å². The van der Waals surface area contributed by atoms with Crippen molar-refractivity contribution in [2.75, 3.05) is 23.4 Å². The maximum Gasteiger partial charge on any atom is 0.228 e. The predicted octanol–water partition coefficient (Wildman–Crippen LogP) is 5.73. The van der Waals surface area contributed by atoms with Gasteiger partial charge in [0.2, 0.25) is 5.78 Å². The zero-order valence-electron chi connectivity index (χ0n) is 19.7. The highest BCUT2D eigenvalue weighted by Crippen LogP contribution is 2.46. The molecule has 0 N–H and O–H groups in total. The zero-order valence-corrected chi connectivity index (χ0v) is 19.7. The summed E-state index contributed by atoms with van der Waals surface area (Å²) in [4.78, 5) is 23.1. The van der Waals surface area contributed by atoms with Crippen molar-refractivity contribution in [3.63, 3.8) is 0 Å². The molecule has 0 radical (unpaired) electrons. The first-order valence-electron chi connectivity index (χ1n) is 11.8. The topological polar surface area (TPSA) is 35.9 Å². The van der Waals surface area contributed by atoms with Crippen LogP contribution in [0.4, 0.5) is 11.4 Å². The van der Waals surface area contributed by atoms with Crippen molar-refractivity contribution in [1.82, 2.24) is 0 Å². The fourth-order valence-electron chi connectivity index (χ4n) is 5.57. The van der Waals surface area contributed by atoms with Gasteiger partial charge in [0, 0.05) is 47.8 Å². The van der Waals surface area contributed by atoms with E-state index < -0.39 is 0 Å². The van der Waals surface area contributed by atoms with E-state index in [9.17, 15) is 4.79 Å². The molecule has 2 heterocycles. The normalized spacial score (nSPS) is 20.4. The molecule has 0 atom stereocenters. The Hall–Kier alpha value is -3.92. The third-order valence-corrected chi connectivity index (χ3v) is 7.39. The standard InChI is InChI=1S/C30H27N3O/c1-30(2)23-13-7-9-15-25(23)32(3)27(30)19-31-28-22-12-6-4-11-21(22)18-26(29(28)34)33-17-16-20-10-5-8-14-24(20)33/h4-15,18-19H,16-17H2,1-3H3/b27-19-,31-28?. The molecule has 0 saturated carbocycles. The van der Waals surface area contributed by atoms with E-state index in [1.165, 1.54) is 16.8 Å². The van der Waals surface area contributed by atoms with Crippen molar-refractivity contribution >= 4 is 28.9 Å². The van der Waals surface area contributed by atoms with Gasteiger partial charge in [-0.15, -0.1) is 0 Å². The smallest absolute Gasteiger partial charge is 0.228 e. The number of rotatable bonds is 2. The first-order valence-corrected chi connectivity index (χ1v) is 11.8. The number of allylic oxidation sites excluding steroid dienone is 2. The van der Waals surface area contributed by atoms with Crippen LogP contribution in [0.25, 0.3) is 6.08 Å². The van der Waals surface area contributed by atoms with Crippen LogP contribution in [0, 0.1) is 0 Å². The van der Waals surface area contributed by atoms with E-state index >= 15 is 0 Å². The number of aliphatic imine (C=N–C) groups is 1. The summed E-state index contributed by atoms with van der Waals surface area (Å²) in [6.07, 6.45) is 4.86. The van der Waals surface area contributed by atoms with E-state index in [4.69, 9.17) is 4.99 Å². The molecule has 3 aromatic rings. The SMILES string of the molecule is CN1/C(=C\N=C2C(=O)C(N3CCc4ccccc43)=Cc3ccccc32)C(C)(C)c2ccccc21. The van der Waals surface area contributed by atoms with Crippen LogP contribution in [0.5, 0.6) is 0 Å². The highest BCUT2D eigenvalue weighted by atomic mass is 16.1. The number of hydrogen-bond donors (Lipinski definition) is 0. The summed E-state index contributed by atoms with van der Waals surface area (Å²) in [6.45, 7) is 5.23. The summed E-state index contributed by atoms with van der Waals surface area (Å²) in [7, 11) is 2.07. The van der Waals surface area contributed by atoms with Crippen molar-refractivity contribution in [2.24, 2.45) is 4.99 Å². The van der Waals surface area contributed by atoms with E-state index in [1.807, 2.05) is 36.5 Å². The molecule has 0 spiro atoms. The number of para-hydroxylation sites is 2. The van der Waals surface area contributed by atoms with E-state index in [-0.39, 0.29) is 11.2 Å². The molecule has 6 rings (SSSR count). The number of Topliss-reactive ketones (excluding diaryl/α,β-unsaturated/α-hetero) is 1. The minimum absolute atomic E-state index is 0.0248. The molecule has 4 heteroatoms. The molecular weight excluding hydrogens is 418 g/mol. The van der Waals surface area contributed by atoms with Gasteiger partial charge in [-0.25, -0.2) is 0 Å². The Labute approximate surface area is 200 Å². The Kier molecular flexibility index (Phi) is 4.59. The van der Waals surface area contributed by atoms with E-state index in [2.05, 4.69) is 79.2 Å². The van der Waals surface area contributed by atoms with Gasteiger partial charge in [0.1, 0.15) is 5.71 Å². The second-order valence-electron chi connectivity index (χ2n) is 9.67. The Morgan fingerprint density at radius 2 is 1.62 bits per heavy atom. The Balaban J connectivity index is 1.45. The van der Waals surface area contributed by atoms with Crippen LogP contribution in [0.2, 0.25) is 0 Å². The summed E-state index contributed by atoms with van der Waals surface area (Å²) in [6, 6.07) is 24.8. The zero-order chi connectivity index (χ0) is 23.4. The van der Waals surface area contributed by atoms with Gasteiger partial charge in [0.15, 0.2) is 0 Å². The number of nitrogens with zero attached hydrogens (tertiary/aromatic N) is 3. The van der Waals surface area contributed by atoms with E-state index in [1.54, 1.807) is 0 Å². The van der Waals surface area contributed by atoms with Crippen LogP contribution < -0.4 is 9.80 Å². The number of benzene rings is 3. The summed E-state index contributed by atoms with van der Waals surface area (Å²) < 4.78 is 0. The average Bonchev–Trinajstić information content (AvgIpc) is 3.36. The minimum atomic E-state index is -0.195. The molecule has 0 aromatic heterocycles. The van der Waals surface area contributed by atoms with Crippen LogP contribution in [-0.4, -0.2) is 25.1 Å². The summed E-state index contributed by atoms with van der Waals surface area (Å²) in [5, 5.41) is 0. The Morgan fingerprint density at radius 3 is 2.44 bits per heavy atom. The number of fused-ring (bicyclic) bond motifs is 3. The van der Waals surface area contributed by atoms with Gasteiger partial charge >= 0.3 is 0 Å². The summed E-state index contributed by atoms with van der Waals surface area (Å²) >= 11 is 0. The monoisotopic (exact) mass is 445 g/mol. The van der Waals surface area contributed by atoms with Crippen molar-refractivity contribution in [2.45, 2.75) is 25.7 Å². The predicted molar refractivity (Wildman–Crippen MR) is 139 cm³/mol. The van der Waals surface area contributed by atoms with Gasteiger partial charge in [0.05, 0.1) is 5.70 Å². The van der Waals surface area contributed by atoms with Crippen molar-refractivity contribution in [1.29, 1.82) is 0 Å². The highest BCUT2D eigenvalue weighted by molar-refractivity contribution is 6.54. The maximum absolute atomic E-state index is 13.9. The lowest BCUT2D eigenvalue weighted by molar-refractivity contribution is -0.109. The maximum atomic E-state index is 13.9. The number of anilines is 2. The lowest BCUT2D eigenvalue weighted by atomic mass is 9.84. The molecule has 0 bridgehead atoms. The van der Waals surface area contributed by atoms with E-state index in [0.717, 1.165) is 35.5 Å². The number of hydrogen-bond acceptors (Lipinski definition) is 4. The number of carbonyl (C=O) groups is 1. The molecular formula is C30H27N3O. The third kappa shape index (κ3) is 2.98. The molecule has 3 aromatic carbocycles. The molecule has 2 aliphatic heterocycles. The van der Waals surface area contributed by atoms with Gasteiger partial charge in [-0.2, -0.15) is 0 Å². The summed E-state index contributed by atoms with van der Waals surface area (Å²) in [5.41, 5.74) is 8.85. The lowest BCUT2D eigenvalue weighted by Crippen LogP contribution is -2.33. The number of likely N-dealkylation sites (N-methyl/N-ethyl adjacent to an activating group) is 1. The molecule has 1 aliphatic carbocycles. The first-order chi connectivity index (χ1) is 16.5. The molecule has 0 amide bonds. The van der Waals surface area contributed by atoms with Crippen LogP contribution in [-0.2, 0) is 16.6 Å². The fraction of sp³-hybridized carbons (Fsp3) is 0.200. The van der Waals surface area contributed by atoms with Gasteiger partial charge in [-0.05, 0) is 41.3 Å². The number of carbonyl (C=O) groups excluding carboxylic acids is 1. The first kappa shape index (κ1) is 20.7. The second kappa shape index (κ2) is 7.56. The lowest BCUT2D eigenvalue weighted by Gasteiger charge is -2.26.